The van der Waals surface area contributed by atoms with E-state index in [9.17, 15) is 4.79 Å². The quantitative estimate of drug-likeness (QED) is 0.328. The van der Waals surface area contributed by atoms with E-state index in [0.717, 1.165) is 31.7 Å². The van der Waals surface area contributed by atoms with Gasteiger partial charge in [0.05, 0.1) is 6.04 Å². The second kappa shape index (κ2) is 12.6. The van der Waals surface area contributed by atoms with Gasteiger partial charge < -0.3 is 20.4 Å². The summed E-state index contributed by atoms with van der Waals surface area (Å²) in [6.07, 6.45) is 3.89. The van der Waals surface area contributed by atoms with Crippen LogP contribution in [0, 0.1) is 6.92 Å². The number of carbonyl (C=O) groups excluding carboxylic acids is 1. The second-order valence-electron chi connectivity index (χ2n) is 8.33. The Morgan fingerprint density at radius 3 is 2.47 bits per heavy atom. The van der Waals surface area contributed by atoms with E-state index >= 15 is 0 Å². The van der Waals surface area contributed by atoms with Gasteiger partial charge in [-0.3, -0.25) is 4.79 Å². The van der Waals surface area contributed by atoms with Crippen molar-refractivity contribution < 1.29 is 4.79 Å². The molecule has 1 aromatic carbocycles. The number of benzene rings is 1. The summed E-state index contributed by atoms with van der Waals surface area (Å²) in [4.78, 5) is 25.1. The zero-order valence-electron chi connectivity index (χ0n) is 19.4. The number of halogens is 1. The molecule has 1 saturated heterocycles. The molecule has 1 aliphatic heterocycles. The number of amides is 1. The second-order valence-corrected chi connectivity index (χ2v) is 8.33. The van der Waals surface area contributed by atoms with Gasteiger partial charge in [-0.15, -0.1) is 24.0 Å². The summed E-state index contributed by atoms with van der Waals surface area (Å²) in [7, 11) is 3.50. The third-order valence-corrected chi connectivity index (χ3v) is 5.58. The number of likely N-dealkylation sites (N-methyl/N-ethyl adjacent to an activating group) is 1. The number of carbonyl (C=O) groups is 1. The fourth-order valence-electron chi connectivity index (χ4n) is 3.54. The molecule has 1 amide bonds. The van der Waals surface area contributed by atoms with Crippen LogP contribution in [0.3, 0.4) is 0 Å². The molecule has 0 bridgehead atoms. The van der Waals surface area contributed by atoms with Gasteiger partial charge in [-0.2, -0.15) is 0 Å². The normalized spacial score (nSPS) is 15.5. The Balaban J connectivity index is 0.00000363. The lowest BCUT2D eigenvalue weighted by molar-refractivity contribution is -0.127. The predicted molar refractivity (Wildman–Crippen MR) is 142 cm³/mol. The first-order chi connectivity index (χ1) is 14.9. The fourth-order valence-corrected chi connectivity index (χ4v) is 3.54. The molecule has 174 valence electrons. The predicted octanol–water partition coefficient (Wildman–Crippen LogP) is 3.36. The Kier molecular flexibility index (Phi) is 10.2. The number of nitrogens with zero attached hydrogens (tertiary/aromatic N) is 4. The highest BCUT2D eigenvalue weighted by Gasteiger charge is 2.22. The summed E-state index contributed by atoms with van der Waals surface area (Å²) in [6, 6.07) is 14.8. The smallest absolute Gasteiger partial charge is 0.243 e. The molecule has 1 fully saturated rings. The highest BCUT2D eigenvalue weighted by molar-refractivity contribution is 14.0. The van der Waals surface area contributed by atoms with E-state index in [4.69, 9.17) is 0 Å². The van der Waals surface area contributed by atoms with E-state index in [1.54, 1.807) is 19.0 Å². The number of piperidine rings is 1. The van der Waals surface area contributed by atoms with Crippen LogP contribution in [0.15, 0.2) is 53.7 Å². The van der Waals surface area contributed by atoms with Crippen molar-refractivity contribution in [2.75, 3.05) is 38.6 Å². The van der Waals surface area contributed by atoms with Gasteiger partial charge >= 0.3 is 0 Å². The fraction of sp³-hybridized carbons (Fsp3) is 0.458. The number of aromatic nitrogens is 1. The maximum absolute atomic E-state index is 12.1. The third kappa shape index (κ3) is 7.65. The molecular formula is C24H35IN6O. The third-order valence-electron chi connectivity index (χ3n) is 5.58. The average Bonchev–Trinajstić information content (AvgIpc) is 2.78. The molecule has 2 aromatic rings. The molecule has 1 atom stereocenters. The minimum atomic E-state index is -0.0197. The van der Waals surface area contributed by atoms with Gasteiger partial charge in [0.2, 0.25) is 5.91 Å². The van der Waals surface area contributed by atoms with Crippen LogP contribution >= 0.6 is 24.0 Å². The summed E-state index contributed by atoms with van der Waals surface area (Å²) in [5, 5.41) is 7.02. The van der Waals surface area contributed by atoms with Crippen LogP contribution in [0.4, 0.5) is 5.82 Å². The molecule has 0 radical (unpaired) electrons. The molecule has 0 saturated carbocycles. The lowest BCUT2D eigenvalue weighted by Gasteiger charge is -2.34. The lowest BCUT2D eigenvalue weighted by atomic mass is 10.0. The molecule has 7 nitrogen and oxygen atoms in total. The molecule has 0 spiro atoms. The standard InChI is InChI=1S/C24H34N6O.HI/c1-18-10-11-22(25-16-18)30-14-12-21(13-15-30)28-24(26-17-23(31)29(3)4)27-19(2)20-8-6-5-7-9-20;/h5-11,16,19,21H,12-15,17H2,1-4H3,(H2,26,27,28);1H. The Labute approximate surface area is 208 Å². The molecule has 1 aliphatic rings. The number of aryl methyl sites for hydroxylation is 1. The van der Waals surface area contributed by atoms with Crippen molar-refractivity contribution in [1.82, 2.24) is 20.5 Å². The van der Waals surface area contributed by atoms with Crippen LogP contribution in [-0.4, -0.2) is 61.5 Å². The van der Waals surface area contributed by atoms with Crippen LogP contribution < -0.4 is 15.5 Å². The largest absolute Gasteiger partial charge is 0.356 e. The number of pyridine rings is 1. The van der Waals surface area contributed by atoms with Gasteiger partial charge in [0.1, 0.15) is 12.4 Å². The Morgan fingerprint density at radius 2 is 1.88 bits per heavy atom. The lowest BCUT2D eigenvalue weighted by Crippen LogP contribution is -2.49. The summed E-state index contributed by atoms with van der Waals surface area (Å²) in [5.41, 5.74) is 2.35. The van der Waals surface area contributed by atoms with Crippen LogP contribution in [0.2, 0.25) is 0 Å². The highest BCUT2D eigenvalue weighted by Crippen LogP contribution is 2.18. The number of guanidine groups is 1. The Morgan fingerprint density at radius 1 is 1.19 bits per heavy atom. The van der Waals surface area contributed by atoms with E-state index in [-0.39, 0.29) is 42.5 Å². The van der Waals surface area contributed by atoms with Crippen LogP contribution in [0.1, 0.15) is 36.9 Å². The van der Waals surface area contributed by atoms with Crippen molar-refractivity contribution in [2.24, 2.45) is 4.99 Å². The van der Waals surface area contributed by atoms with E-state index in [0.29, 0.717) is 12.0 Å². The van der Waals surface area contributed by atoms with Gasteiger partial charge in [0.25, 0.3) is 0 Å². The van der Waals surface area contributed by atoms with E-state index < -0.39 is 0 Å². The minimum Gasteiger partial charge on any atom is -0.356 e. The van der Waals surface area contributed by atoms with Crippen LogP contribution in [0.5, 0.6) is 0 Å². The maximum Gasteiger partial charge on any atom is 0.243 e. The number of hydrogen-bond donors (Lipinski definition) is 2. The monoisotopic (exact) mass is 550 g/mol. The van der Waals surface area contributed by atoms with Gasteiger partial charge in [-0.05, 0) is 43.9 Å². The van der Waals surface area contributed by atoms with Crippen molar-refractivity contribution in [3.05, 3.63) is 59.8 Å². The van der Waals surface area contributed by atoms with Crippen molar-refractivity contribution in [3.63, 3.8) is 0 Å². The molecule has 0 aliphatic carbocycles. The first kappa shape index (κ1) is 25.9. The van der Waals surface area contributed by atoms with Crippen molar-refractivity contribution >= 4 is 41.7 Å². The molecule has 3 rings (SSSR count). The van der Waals surface area contributed by atoms with Crippen LogP contribution in [-0.2, 0) is 4.79 Å². The van der Waals surface area contributed by atoms with Gasteiger partial charge in [-0.1, -0.05) is 36.4 Å². The summed E-state index contributed by atoms with van der Waals surface area (Å²) in [6.45, 7) is 6.15. The number of hydrogen-bond acceptors (Lipinski definition) is 4. The van der Waals surface area contributed by atoms with Gasteiger partial charge in [-0.25, -0.2) is 9.98 Å². The average molecular weight is 550 g/mol. The molecule has 2 N–H and O–H groups in total. The zero-order valence-corrected chi connectivity index (χ0v) is 21.7. The van der Waals surface area contributed by atoms with Crippen LogP contribution in [0.25, 0.3) is 0 Å². The molecule has 1 unspecified atom stereocenters. The van der Waals surface area contributed by atoms with E-state index in [1.165, 1.54) is 11.1 Å². The maximum atomic E-state index is 12.1. The molecule has 8 heteroatoms. The first-order valence-electron chi connectivity index (χ1n) is 10.9. The minimum absolute atomic E-state index is 0. The number of aliphatic imine (C=N–C) groups is 1. The van der Waals surface area contributed by atoms with Crippen molar-refractivity contribution in [2.45, 2.75) is 38.8 Å². The highest BCUT2D eigenvalue weighted by atomic mass is 127. The molecule has 32 heavy (non-hydrogen) atoms. The van der Waals surface area contributed by atoms with Crippen molar-refractivity contribution in [1.29, 1.82) is 0 Å². The SMILES string of the molecule is Cc1ccc(N2CCC(NC(=NCC(=O)N(C)C)NC(C)c3ccccc3)CC2)nc1.I. The van der Waals surface area contributed by atoms with E-state index in [2.05, 4.69) is 63.6 Å². The summed E-state index contributed by atoms with van der Waals surface area (Å²) >= 11 is 0. The first-order valence-corrected chi connectivity index (χ1v) is 10.9. The number of nitrogens with one attached hydrogen (secondary N) is 2. The zero-order chi connectivity index (χ0) is 22.2. The van der Waals surface area contributed by atoms with E-state index in [1.807, 2.05) is 24.4 Å². The molecule has 2 heterocycles. The van der Waals surface area contributed by atoms with Gasteiger partial charge in [0.15, 0.2) is 5.96 Å². The van der Waals surface area contributed by atoms with Crippen molar-refractivity contribution in [3.8, 4) is 0 Å². The topological polar surface area (TPSA) is 72.9 Å². The molecule has 1 aromatic heterocycles. The molecular weight excluding hydrogens is 515 g/mol. The Hall–Kier alpha value is -2.36. The summed E-state index contributed by atoms with van der Waals surface area (Å²) in [5.74, 6) is 1.69. The Bertz CT molecular complexity index is 864. The number of rotatable bonds is 6. The van der Waals surface area contributed by atoms with Gasteiger partial charge in [0, 0.05) is 39.4 Å². The summed E-state index contributed by atoms with van der Waals surface area (Å²) < 4.78 is 0. The number of anilines is 1.